The van der Waals surface area contributed by atoms with Gasteiger partial charge in [0.05, 0.1) is 18.3 Å². The summed E-state index contributed by atoms with van der Waals surface area (Å²) in [5.74, 6) is -1.22. The van der Waals surface area contributed by atoms with Gasteiger partial charge in [0.15, 0.2) is 0 Å². The van der Waals surface area contributed by atoms with Crippen LogP contribution in [0.3, 0.4) is 0 Å². The molecule has 15 heavy (non-hydrogen) atoms. The van der Waals surface area contributed by atoms with Crippen LogP contribution in [0.2, 0.25) is 0 Å². The standard InChI is InChI=1S/C7H14N4O3S/c8-4(2-15-3-6(10)13)7(14)11-1-5(9)12/h4H,1-3,8H2,(H2,9,12)(H2,10,13)(H,11,14)/t4-/m0/s1. The smallest absolute Gasteiger partial charge is 0.238 e. The van der Waals surface area contributed by atoms with Gasteiger partial charge in [-0.25, -0.2) is 0 Å². The number of carbonyl (C=O) groups excluding carboxylic acids is 3. The fourth-order valence-electron chi connectivity index (χ4n) is 0.667. The second-order valence-corrected chi connectivity index (χ2v) is 3.80. The van der Waals surface area contributed by atoms with E-state index in [-0.39, 0.29) is 18.1 Å². The van der Waals surface area contributed by atoms with Crippen molar-refractivity contribution in [1.29, 1.82) is 0 Å². The molecule has 0 saturated heterocycles. The summed E-state index contributed by atoms with van der Waals surface area (Å²) in [6, 6.07) is -0.784. The Balaban J connectivity index is 3.69. The highest BCUT2D eigenvalue weighted by Gasteiger charge is 2.13. The van der Waals surface area contributed by atoms with E-state index in [2.05, 4.69) is 5.32 Å². The molecule has 86 valence electrons. The predicted molar refractivity (Wildman–Crippen MR) is 56.7 cm³/mol. The van der Waals surface area contributed by atoms with Crippen molar-refractivity contribution in [3.05, 3.63) is 0 Å². The molecule has 1 atom stereocenters. The van der Waals surface area contributed by atoms with Gasteiger partial charge in [-0.15, -0.1) is 11.8 Å². The number of hydrogen-bond acceptors (Lipinski definition) is 5. The zero-order chi connectivity index (χ0) is 11.8. The van der Waals surface area contributed by atoms with Gasteiger partial charge < -0.3 is 22.5 Å². The van der Waals surface area contributed by atoms with E-state index in [4.69, 9.17) is 17.2 Å². The van der Waals surface area contributed by atoms with Crippen LogP contribution >= 0.6 is 11.8 Å². The zero-order valence-corrected chi connectivity index (χ0v) is 8.88. The lowest BCUT2D eigenvalue weighted by Crippen LogP contribution is -2.45. The number of rotatable bonds is 7. The highest BCUT2D eigenvalue weighted by molar-refractivity contribution is 8.00. The van der Waals surface area contributed by atoms with Crippen LogP contribution in [-0.2, 0) is 14.4 Å². The molecule has 0 aliphatic carbocycles. The SMILES string of the molecule is NC(=O)CNC(=O)[C@@H](N)CSCC(N)=O. The lowest BCUT2D eigenvalue weighted by atomic mass is 10.3. The number of carbonyl (C=O) groups is 3. The van der Waals surface area contributed by atoms with Crippen molar-refractivity contribution in [3.8, 4) is 0 Å². The van der Waals surface area contributed by atoms with E-state index in [9.17, 15) is 14.4 Å². The van der Waals surface area contributed by atoms with Crippen molar-refractivity contribution in [1.82, 2.24) is 5.32 Å². The molecule has 0 spiro atoms. The maximum absolute atomic E-state index is 11.1. The third-order valence-electron chi connectivity index (χ3n) is 1.32. The van der Waals surface area contributed by atoms with Gasteiger partial charge in [-0.1, -0.05) is 0 Å². The first kappa shape index (κ1) is 13.7. The molecular weight excluding hydrogens is 220 g/mol. The quantitative estimate of drug-likeness (QED) is 0.374. The summed E-state index contributed by atoms with van der Waals surface area (Å²) in [5.41, 5.74) is 15.2. The normalized spacial score (nSPS) is 11.8. The van der Waals surface area contributed by atoms with Crippen molar-refractivity contribution in [2.24, 2.45) is 17.2 Å². The van der Waals surface area contributed by atoms with Crippen molar-refractivity contribution in [2.45, 2.75) is 6.04 Å². The molecule has 7 N–H and O–H groups in total. The minimum atomic E-state index is -0.784. The fraction of sp³-hybridized carbons (Fsp3) is 0.571. The molecule has 0 aromatic rings. The first-order chi connectivity index (χ1) is 6.93. The van der Waals surface area contributed by atoms with E-state index < -0.39 is 23.8 Å². The Bertz CT molecular complexity index is 259. The fourth-order valence-corrected chi connectivity index (χ4v) is 1.39. The molecule has 3 amide bonds. The highest BCUT2D eigenvalue weighted by Crippen LogP contribution is 2.00. The molecule has 0 aliphatic rings. The van der Waals surface area contributed by atoms with Crippen molar-refractivity contribution < 1.29 is 14.4 Å². The third kappa shape index (κ3) is 7.77. The molecule has 0 aromatic carbocycles. The van der Waals surface area contributed by atoms with Gasteiger partial charge in [0, 0.05) is 5.75 Å². The van der Waals surface area contributed by atoms with Gasteiger partial charge in [-0.05, 0) is 0 Å². The Morgan fingerprint density at radius 1 is 1.20 bits per heavy atom. The molecule has 0 aliphatic heterocycles. The number of hydrogen-bond donors (Lipinski definition) is 4. The molecule has 0 radical (unpaired) electrons. The molecule has 0 aromatic heterocycles. The Morgan fingerprint density at radius 3 is 2.27 bits per heavy atom. The van der Waals surface area contributed by atoms with Crippen molar-refractivity contribution >= 4 is 29.5 Å². The van der Waals surface area contributed by atoms with Crippen LogP contribution in [0.5, 0.6) is 0 Å². The average molecular weight is 234 g/mol. The zero-order valence-electron chi connectivity index (χ0n) is 8.06. The summed E-state index contributed by atoms with van der Waals surface area (Å²) in [5, 5.41) is 2.25. The topological polar surface area (TPSA) is 141 Å². The summed E-state index contributed by atoms with van der Waals surface area (Å²) in [4.78, 5) is 31.8. The van der Waals surface area contributed by atoms with E-state index >= 15 is 0 Å². The summed E-state index contributed by atoms with van der Waals surface area (Å²) in [6.07, 6.45) is 0. The molecule has 0 rings (SSSR count). The summed E-state index contributed by atoms with van der Waals surface area (Å²) in [6.45, 7) is -0.243. The van der Waals surface area contributed by atoms with Gasteiger partial charge >= 0.3 is 0 Å². The summed E-state index contributed by atoms with van der Waals surface area (Å²) < 4.78 is 0. The van der Waals surface area contributed by atoms with Crippen LogP contribution in [0.1, 0.15) is 0 Å². The first-order valence-corrected chi connectivity index (χ1v) is 5.26. The van der Waals surface area contributed by atoms with E-state index in [0.717, 1.165) is 11.8 Å². The third-order valence-corrected chi connectivity index (χ3v) is 2.40. The number of nitrogens with one attached hydrogen (secondary N) is 1. The van der Waals surface area contributed by atoms with Gasteiger partial charge in [0.2, 0.25) is 17.7 Å². The Hall–Kier alpha value is -1.28. The van der Waals surface area contributed by atoms with E-state index in [0.29, 0.717) is 0 Å². The maximum Gasteiger partial charge on any atom is 0.238 e. The summed E-state index contributed by atoms with van der Waals surface area (Å²) in [7, 11) is 0. The number of nitrogens with two attached hydrogens (primary N) is 3. The Labute approximate surface area is 91.1 Å². The Kier molecular flexibility index (Phi) is 6.47. The number of primary amides is 2. The molecule has 0 unspecified atom stereocenters. The molecule has 7 nitrogen and oxygen atoms in total. The van der Waals surface area contributed by atoms with E-state index in [1.54, 1.807) is 0 Å². The molecule has 8 heteroatoms. The van der Waals surface area contributed by atoms with Gasteiger partial charge in [0.25, 0.3) is 0 Å². The minimum Gasteiger partial charge on any atom is -0.369 e. The molecule has 0 fully saturated rings. The monoisotopic (exact) mass is 234 g/mol. The largest absolute Gasteiger partial charge is 0.369 e. The summed E-state index contributed by atoms with van der Waals surface area (Å²) >= 11 is 1.16. The minimum absolute atomic E-state index is 0.108. The lowest BCUT2D eigenvalue weighted by Gasteiger charge is -2.10. The molecule has 0 heterocycles. The highest BCUT2D eigenvalue weighted by atomic mass is 32.2. The molecule has 0 bridgehead atoms. The second-order valence-electron chi connectivity index (χ2n) is 2.77. The molecular formula is C7H14N4O3S. The van der Waals surface area contributed by atoms with Crippen LogP contribution in [0, 0.1) is 0 Å². The Morgan fingerprint density at radius 2 is 1.80 bits per heavy atom. The van der Waals surface area contributed by atoms with Crippen LogP contribution in [0.4, 0.5) is 0 Å². The first-order valence-electron chi connectivity index (χ1n) is 4.11. The van der Waals surface area contributed by atoms with Crippen LogP contribution < -0.4 is 22.5 Å². The van der Waals surface area contributed by atoms with Crippen molar-refractivity contribution in [2.75, 3.05) is 18.1 Å². The second kappa shape index (κ2) is 7.07. The van der Waals surface area contributed by atoms with Gasteiger partial charge in [-0.3, -0.25) is 14.4 Å². The van der Waals surface area contributed by atoms with Crippen molar-refractivity contribution in [3.63, 3.8) is 0 Å². The average Bonchev–Trinajstić information content (AvgIpc) is 2.13. The maximum atomic E-state index is 11.1. The van der Waals surface area contributed by atoms with Crippen LogP contribution in [0.15, 0.2) is 0 Å². The lowest BCUT2D eigenvalue weighted by molar-refractivity contribution is -0.125. The number of thioether (sulfide) groups is 1. The van der Waals surface area contributed by atoms with Gasteiger partial charge in [0.1, 0.15) is 0 Å². The van der Waals surface area contributed by atoms with Crippen LogP contribution in [0.25, 0.3) is 0 Å². The van der Waals surface area contributed by atoms with E-state index in [1.807, 2.05) is 0 Å². The van der Waals surface area contributed by atoms with E-state index in [1.165, 1.54) is 0 Å². The molecule has 0 saturated carbocycles. The number of amides is 3. The van der Waals surface area contributed by atoms with Gasteiger partial charge in [-0.2, -0.15) is 0 Å². The predicted octanol–water partition coefficient (Wildman–Crippen LogP) is -2.87. The van der Waals surface area contributed by atoms with Crippen LogP contribution in [-0.4, -0.2) is 41.8 Å².